The first-order chi connectivity index (χ1) is 13.5. The molecule has 0 spiro atoms. The van der Waals surface area contributed by atoms with E-state index in [1.165, 1.54) is 15.3 Å². The van der Waals surface area contributed by atoms with Crippen LogP contribution < -0.4 is 14.4 Å². The number of piperazine rings is 1. The first-order valence-corrected chi connectivity index (χ1v) is 10.9. The zero-order chi connectivity index (χ0) is 19.6. The monoisotopic (exact) mass is 407 g/mol. The van der Waals surface area contributed by atoms with Gasteiger partial charge in [-0.2, -0.15) is 4.31 Å². The minimum Gasteiger partial charge on any atom is -0.490 e. The molecule has 0 unspecified atom stereocenters. The van der Waals surface area contributed by atoms with E-state index in [1.54, 1.807) is 30.3 Å². The molecule has 1 N–H and O–H groups in total. The molecule has 0 atom stereocenters. The zero-order valence-electron chi connectivity index (χ0n) is 15.6. The van der Waals surface area contributed by atoms with Crippen LogP contribution in [0.3, 0.4) is 0 Å². The number of fused-ring (bicyclic) bond motifs is 1. The molecule has 8 heteroatoms. The summed E-state index contributed by atoms with van der Waals surface area (Å²) in [4.78, 5) is 1.39. The van der Waals surface area contributed by atoms with Crippen molar-refractivity contribution in [1.82, 2.24) is 4.31 Å². The third-order valence-corrected chi connectivity index (χ3v) is 7.08. The summed E-state index contributed by atoms with van der Waals surface area (Å²) in [5.74, 6) is 0.843. The zero-order valence-corrected chi connectivity index (χ0v) is 16.4. The van der Waals surface area contributed by atoms with Gasteiger partial charge in [0.15, 0.2) is 11.5 Å². The number of sulfonamides is 1. The highest BCUT2D eigenvalue weighted by atomic mass is 32.2. The van der Waals surface area contributed by atoms with Crippen molar-refractivity contribution in [3.05, 3.63) is 53.8 Å². The second kappa shape index (κ2) is 8.06. The smallest absolute Gasteiger partial charge is 0.243 e. The summed E-state index contributed by atoms with van der Waals surface area (Å²) in [6.45, 7) is 3.71. The van der Waals surface area contributed by atoms with Crippen LogP contribution in [0, 0.1) is 5.82 Å². The van der Waals surface area contributed by atoms with Crippen LogP contribution in [-0.2, 0) is 16.6 Å². The molecular weight excluding hydrogens is 383 g/mol. The predicted molar refractivity (Wildman–Crippen MR) is 102 cm³/mol. The van der Waals surface area contributed by atoms with Crippen molar-refractivity contribution in [3.8, 4) is 11.5 Å². The number of halogens is 1. The maximum absolute atomic E-state index is 13.9. The van der Waals surface area contributed by atoms with E-state index >= 15 is 0 Å². The molecule has 2 aromatic carbocycles. The third-order valence-electron chi connectivity index (χ3n) is 5.18. The maximum atomic E-state index is 13.9. The first-order valence-electron chi connectivity index (χ1n) is 9.51. The SMILES string of the molecule is O=S(=O)(c1ccc2c(c1)OCCCO2)N1CC[NH+](Cc2ccccc2F)CC1. The minimum absolute atomic E-state index is 0.211. The van der Waals surface area contributed by atoms with Crippen LogP contribution in [0.1, 0.15) is 12.0 Å². The standard InChI is InChI=1S/C20H23FN2O4S/c21-18-5-2-1-4-16(18)15-22-8-10-23(11-9-22)28(24,25)17-6-7-19-20(14-17)27-13-3-12-26-19/h1-2,4-7,14H,3,8-13,15H2/p+1. The van der Waals surface area contributed by atoms with Gasteiger partial charge >= 0.3 is 0 Å². The van der Waals surface area contributed by atoms with Gasteiger partial charge in [0, 0.05) is 18.1 Å². The first kappa shape index (κ1) is 19.2. The van der Waals surface area contributed by atoms with Gasteiger partial charge in [-0.25, -0.2) is 12.8 Å². The number of nitrogens with one attached hydrogen (secondary N) is 1. The normalized spacial score (nSPS) is 18.6. The molecule has 2 aliphatic heterocycles. The number of rotatable bonds is 4. The molecule has 4 rings (SSSR count). The molecule has 6 nitrogen and oxygen atoms in total. The predicted octanol–water partition coefficient (Wildman–Crippen LogP) is 1.08. The van der Waals surface area contributed by atoms with Gasteiger partial charge in [-0.1, -0.05) is 18.2 Å². The van der Waals surface area contributed by atoms with E-state index < -0.39 is 10.0 Å². The summed E-state index contributed by atoms with van der Waals surface area (Å²) in [5.41, 5.74) is 0.664. The summed E-state index contributed by atoms with van der Waals surface area (Å²) >= 11 is 0. The highest BCUT2D eigenvalue weighted by Gasteiger charge is 2.31. The molecule has 0 saturated carbocycles. The summed E-state index contributed by atoms with van der Waals surface area (Å²) in [6, 6.07) is 11.5. The van der Waals surface area contributed by atoms with Gasteiger partial charge < -0.3 is 14.4 Å². The molecule has 1 saturated heterocycles. The summed E-state index contributed by atoms with van der Waals surface area (Å²) in [5, 5.41) is 0. The van der Waals surface area contributed by atoms with E-state index in [-0.39, 0.29) is 10.7 Å². The van der Waals surface area contributed by atoms with Crippen LogP contribution in [0.5, 0.6) is 11.5 Å². The van der Waals surface area contributed by atoms with Crippen LogP contribution in [0.2, 0.25) is 0 Å². The van der Waals surface area contributed by atoms with Gasteiger partial charge in [-0.15, -0.1) is 0 Å². The number of hydrogen-bond acceptors (Lipinski definition) is 4. The van der Waals surface area contributed by atoms with Crippen molar-refractivity contribution in [2.75, 3.05) is 39.4 Å². The Morgan fingerprint density at radius 3 is 2.46 bits per heavy atom. The van der Waals surface area contributed by atoms with Crippen LogP contribution in [0.4, 0.5) is 4.39 Å². The topological polar surface area (TPSA) is 60.3 Å². The molecule has 150 valence electrons. The Hall–Kier alpha value is -2.16. The number of nitrogens with zero attached hydrogens (tertiary/aromatic N) is 1. The van der Waals surface area contributed by atoms with E-state index in [1.807, 2.05) is 6.07 Å². The lowest BCUT2D eigenvalue weighted by atomic mass is 10.2. The highest BCUT2D eigenvalue weighted by Crippen LogP contribution is 2.32. The molecule has 1 fully saturated rings. The number of hydrogen-bond donors (Lipinski definition) is 1. The number of benzene rings is 2. The fourth-order valence-electron chi connectivity index (χ4n) is 3.58. The van der Waals surface area contributed by atoms with Crippen LogP contribution >= 0.6 is 0 Å². The Labute approximate surface area is 164 Å². The average molecular weight is 407 g/mol. The minimum atomic E-state index is -3.60. The van der Waals surface area contributed by atoms with Gasteiger partial charge in [0.1, 0.15) is 12.4 Å². The second-order valence-corrected chi connectivity index (χ2v) is 9.02. The van der Waals surface area contributed by atoms with E-state index in [2.05, 4.69) is 0 Å². The Morgan fingerprint density at radius 1 is 1.00 bits per heavy atom. The van der Waals surface area contributed by atoms with Crippen LogP contribution in [-0.4, -0.2) is 52.1 Å². The summed E-state index contributed by atoms with van der Waals surface area (Å²) in [6.07, 6.45) is 0.767. The fourth-order valence-corrected chi connectivity index (χ4v) is 5.04. The van der Waals surface area contributed by atoms with Gasteiger partial charge in [0.05, 0.1) is 44.3 Å². The van der Waals surface area contributed by atoms with Gasteiger partial charge in [0.25, 0.3) is 0 Å². The Morgan fingerprint density at radius 2 is 1.71 bits per heavy atom. The molecule has 2 aromatic rings. The Balaban J connectivity index is 1.44. The molecular formula is C20H24FN2O4S+. The van der Waals surface area contributed by atoms with E-state index in [0.29, 0.717) is 63.0 Å². The number of ether oxygens (including phenoxy) is 2. The van der Waals surface area contributed by atoms with Crippen molar-refractivity contribution < 1.29 is 27.2 Å². The number of quaternary nitrogens is 1. The Bertz CT molecular complexity index is 943. The van der Waals surface area contributed by atoms with E-state index in [9.17, 15) is 12.8 Å². The van der Waals surface area contributed by atoms with Crippen molar-refractivity contribution in [2.45, 2.75) is 17.9 Å². The van der Waals surface area contributed by atoms with E-state index in [0.717, 1.165) is 6.42 Å². The fraction of sp³-hybridized carbons (Fsp3) is 0.400. The van der Waals surface area contributed by atoms with Crippen LogP contribution in [0.25, 0.3) is 0 Å². The molecule has 0 amide bonds. The van der Waals surface area contributed by atoms with Gasteiger partial charge in [-0.3, -0.25) is 0 Å². The third kappa shape index (κ3) is 3.99. The largest absolute Gasteiger partial charge is 0.490 e. The maximum Gasteiger partial charge on any atom is 0.243 e. The van der Waals surface area contributed by atoms with Gasteiger partial charge in [-0.05, 0) is 18.2 Å². The lowest BCUT2D eigenvalue weighted by molar-refractivity contribution is -0.917. The second-order valence-electron chi connectivity index (χ2n) is 7.08. The van der Waals surface area contributed by atoms with Crippen LogP contribution in [0.15, 0.2) is 47.4 Å². The molecule has 2 aliphatic rings. The average Bonchev–Trinajstić information content (AvgIpc) is 2.95. The molecule has 28 heavy (non-hydrogen) atoms. The molecule has 0 radical (unpaired) electrons. The molecule has 0 bridgehead atoms. The van der Waals surface area contributed by atoms with Crippen molar-refractivity contribution >= 4 is 10.0 Å². The summed E-state index contributed by atoms with van der Waals surface area (Å²) in [7, 11) is -3.60. The van der Waals surface area contributed by atoms with Crippen molar-refractivity contribution in [1.29, 1.82) is 0 Å². The van der Waals surface area contributed by atoms with Crippen molar-refractivity contribution in [3.63, 3.8) is 0 Å². The van der Waals surface area contributed by atoms with Crippen molar-refractivity contribution in [2.24, 2.45) is 0 Å². The molecule has 0 aliphatic carbocycles. The Kier molecular flexibility index (Phi) is 5.52. The highest BCUT2D eigenvalue weighted by molar-refractivity contribution is 7.89. The lowest BCUT2D eigenvalue weighted by Gasteiger charge is -2.31. The molecule has 2 heterocycles. The van der Waals surface area contributed by atoms with E-state index in [4.69, 9.17) is 9.47 Å². The molecule has 0 aromatic heterocycles. The quantitative estimate of drug-likeness (QED) is 0.824. The lowest BCUT2D eigenvalue weighted by Crippen LogP contribution is -3.13. The summed E-state index contributed by atoms with van der Waals surface area (Å²) < 4.78 is 52.6. The van der Waals surface area contributed by atoms with Gasteiger partial charge in [0.2, 0.25) is 10.0 Å².